The highest BCUT2D eigenvalue weighted by Gasteiger charge is 2.11. The van der Waals surface area contributed by atoms with E-state index in [0.29, 0.717) is 6.61 Å². The minimum absolute atomic E-state index is 0.675. The van der Waals surface area contributed by atoms with Crippen LogP contribution in [0, 0.1) is 0 Å². The summed E-state index contributed by atoms with van der Waals surface area (Å²) in [5.74, 6) is 0. The molecular weight excluding hydrogens is 278 g/mol. The van der Waals surface area contributed by atoms with Gasteiger partial charge in [0, 0.05) is 18.1 Å². The zero-order valence-electron chi connectivity index (χ0n) is 10.4. The van der Waals surface area contributed by atoms with Gasteiger partial charge in [-0.05, 0) is 43.1 Å². The minimum atomic E-state index is 0.675. The summed E-state index contributed by atoms with van der Waals surface area (Å²) in [4.78, 5) is 2.54. The smallest absolute Gasteiger partial charge is 0.0724 e. The van der Waals surface area contributed by atoms with Gasteiger partial charge in [-0.25, -0.2) is 0 Å². The van der Waals surface area contributed by atoms with Gasteiger partial charge in [0.05, 0.1) is 6.61 Å². The first-order valence-electron chi connectivity index (χ1n) is 6.28. The minimum Gasteiger partial charge on any atom is -0.380 e. The predicted molar refractivity (Wildman–Crippen MR) is 74.0 cm³/mol. The zero-order chi connectivity index (χ0) is 12.1. The molecule has 0 aromatic heterocycles. The molecule has 1 aromatic rings. The van der Waals surface area contributed by atoms with Crippen LogP contribution in [0.3, 0.4) is 0 Å². The van der Waals surface area contributed by atoms with Crippen LogP contribution >= 0.6 is 15.9 Å². The second-order valence-corrected chi connectivity index (χ2v) is 5.55. The Hall–Kier alpha value is -0.380. The largest absolute Gasteiger partial charge is 0.380 e. The van der Waals surface area contributed by atoms with Crippen LogP contribution in [0.15, 0.2) is 22.7 Å². The molecule has 0 amide bonds. The molecule has 0 radical (unpaired) electrons. The average molecular weight is 298 g/mol. The van der Waals surface area contributed by atoms with Gasteiger partial charge in [0.15, 0.2) is 0 Å². The third-order valence-corrected chi connectivity index (χ3v) is 4.04. The summed E-state index contributed by atoms with van der Waals surface area (Å²) in [7, 11) is 1.74. The van der Waals surface area contributed by atoms with Crippen molar-refractivity contribution >= 4 is 15.9 Å². The van der Waals surface area contributed by atoms with Gasteiger partial charge in [-0.2, -0.15) is 0 Å². The van der Waals surface area contributed by atoms with Gasteiger partial charge >= 0.3 is 0 Å². The number of likely N-dealkylation sites (tertiary alicyclic amines) is 1. The number of hydrogen-bond acceptors (Lipinski definition) is 2. The predicted octanol–water partition coefficient (Wildman–Crippen LogP) is 3.58. The molecule has 1 aromatic carbocycles. The third-order valence-electron chi connectivity index (χ3n) is 3.26. The number of benzene rings is 1. The Labute approximate surface area is 112 Å². The molecule has 1 heterocycles. The van der Waals surface area contributed by atoms with Crippen LogP contribution in [0.25, 0.3) is 0 Å². The molecule has 0 bridgehead atoms. The van der Waals surface area contributed by atoms with Crippen LogP contribution in [0.4, 0.5) is 0 Å². The Morgan fingerprint density at radius 1 is 1.24 bits per heavy atom. The fourth-order valence-electron chi connectivity index (χ4n) is 2.37. The Morgan fingerprint density at radius 3 is 2.71 bits per heavy atom. The van der Waals surface area contributed by atoms with Crippen molar-refractivity contribution in [1.82, 2.24) is 4.90 Å². The van der Waals surface area contributed by atoms with Gasteiger partial charge in [0.1, 0.15) is 0 Å². The number of hydrogen-bond donors (Lipinski definition) is 0. The van der Waals surface area contributed by atoms with Gasteiger partial charge in [0.2, 0.25) is 0 Å². The molecule has 0 N–H and O–H groups in total. The van der Waals surface area contributed by atoms with Crippen LogP contribution in [0.2, 0.25) is 0 Å². The summed E-state index contributed by atoms with van der Waals surface area (Å²) in [6, 6.07) is 6.59. The van der Waals surface area contributed by atoms with E-state index in [2.05, 4.69) is 39.0 Å². The molecule has 0 saturated carbocycles. The maximum Gasteiger partial charge on any atom is 0.0724 e. The molecule has 1 aliphatic rings. The molecule has 3 heteroatoms. The highest BCUT2D eigenvalue weighted by molar-refractivity contribution is 9.10. The van der Waals surface area contributed by atoms with Crippen molar-refractivity contribution in [2.24, 2.45) is 0 Å². The lowest BCUT2D eigenvalue weighted by atomic mass is 10.1. The van der Waals surface area contributed by atoms with Gasteiger partial charge in [-0.15, -0.1) is 0 Å². The summed E-state index contributed by atoms with van der Waals surface area (Å²) in [6.45, 7) is 4.24. The Kier molecular flexibility index (Phi) is 5.01. The molecule has 1 fully saturated rings. The van der Waals surface area contributed by atoms with Gasteiger partial charge in [-0.3, -0.25) is 4.90 Å². The van der Waals surface area contributed by atoms with E-state index >= 15 is 0 Å². The molecule has 0 spiro atoms. The second kappa shape index (κ2) is 6.53. The summed E-state index contributed by atoms with van der Waals surface area (Å²) >= 11 is 3.56. The second-order valence-electron chi connectivity index (χ2n) is 4.70. The van der Waals surface area contributed by atoms with Crippen LogP contribution < -0.4 is 0 Å². The summed E-state index contributed by atoms with van der Waals surface area (Å²) in [5, 5.41) is 0. The maximum absolute atomic E-state index is 5.21. The Balaban J connectivity index is 2.02. The van der Waals surface area contributed by atoms with Gasteiger partial charge in [0.25, 0.3) is 0 Å². The van der Waals surface area contributed by atoms with E-state index in [0.717, 1.165) is 11.0 Å². The van der Waals surface area contributed by atoms with Crippen LogP contribution in [0.5, 0.6) is 0 Å². The van der Waals surface area contributed by atoms with Crippen molar-refractivity contribution in [3.63, 3.8) is 0 Å². The highest BCUT2D eigenvalue weighted by atomic mass is 79.9. The maximum atomic E-state index is 5.21. The molecule has 17 heavy (non-hydrogen) atoms. The Morgan fingerprint density at radius 2 is 2.00 bits per heavy atom. The number of rotatable bonds is 4. The SMILES string of the molecule is COCc1cc(CN2CCCCC2)ccc1Br. The standard InChI is InChI=1S/C14H20BrNO/c1-17-11-13-9-12(5-6-14(13)15)10-16-7-3-2-4-8-16/h5-6,9H,2-4,7-8,10-11H2,1H3. The number of methoxy groups -OCH3 is 1. The van der Waals surface area contributed by atoms with Crippen LogP contribution in [-0.4, -0.2) is 25.1 Å². The van der Waals surface area contributed by atoms with Gasteiger partial charge < -0.3 is 4.74 Å². The van der Waals surface area contributed by atoms with E-state index in [-0.39, 0.29) is 0 Å². The Bertz CT molecular complexity index is 361. The molecule has 1 saturated heterocycles. The molecule has 2 nitrogen and oxygen atoms in total. The number of halogens is 1. The van der Waals surface area contributed by atoms with Crippen molar-refractivity contribution in [2.75, 3.05) is 20.2 Å². The first kappa shape index (κ1) is 13.1. The fraction of sp³-hybridized carbons (Fsp3) is 0.571. The van der Waals surface area contributed by atoms with E-state index < -0.39 is 0 Å². The number of nitrogens with zero attached hydrogens (tertiary/aromatic N) is 1. The first-order valence-corrected chi connectivity index (χ1v) is 7.07. The fourth-order valence-corrected chi connectivity index (χ4v) is 2.73. The van der Waals surface area contributed by atoms with E-state index in [1.165, 1.54) is 43.5 Å². The normalized spacial score (nSPS) is 17.3. The molecular formula is C14H20BrNO. The van der Waals surface area contributed by atoms with Gasteiger partial charge in [-0.1, -0.05) is 34.5 Å². The third kappa shape index (κ3) is 3.80. The van der Waals surface area contributed by atoms with Crippen LogP contribution in [0.1, 0.15) is 30.4 Å². The van der Waals surface area contributed by atoms with E-state index in [9.17, 15) is 0 Å². The lowest BCUT2D eigenvalue weighted by Gasteiger charge is -2.26. The zero-order valence-corrected chi connectivity index (χ0v) is 12.0. The van der Waals surface area contributed by atoms with Crippen molar-refractivity contribution in [3.05, 3.63) is 33.8 Å². The highest BCUT2D eigenvalue weighted by Crippen LogP contribution is 2.21. The average Bonchev–Trinajstić information content (AvgIpc) is 2.35. The van der Waals surface area contributed by atoms with E-state index in [4.69, 9.17) is 4.74 Å². The lowest BCUT2D eigenvalue weighted by Crippen LogP contribution is -2.29. The molecule has 2 rings (SSSR count). The van der Waals surface area contributed by atoms with Crippen molar-refractivity contribution in [1.29, 1.82) is 0 Å². The number of piperidine rings is 1. The topological polar surface area (TPSA) is 12.5 Å². The monoisotopic (exact) mass is 297 g/mol. The number of ether oxygens (including phenoxy) is 1. The van der Waals surface area contributed by atoms with Crippen molar-refractivity contribution in [2.45, 2.75) is 32.4 Å². The molecule has 0 unspecified atom stereocenters. The molecule has 1 aliphatic heterocycles. The van der Waals surface area contributed by atoms with Crippen molar-refractivity contribution in [3.8, 4) is 0 Å². The van der Waals surface area contributed by atoms with E-state index in [1.807, 2.05) is 0 Å². The molecule has 94 valence electrons. The van der Waals surface area contributed by atoms with Crippen LogP contribution in [-0.2, 0) is 17.9 Å². The first-order chi connectivity index (χ1) is 8.29. The quantitative estimate of drug-likeness (QED) is 0.842. The summed E-state index contributed by atoms with van der Waals surface area (Å²) < 4.78 is 6.35. The lowest BCUT2D eigenvalue weighted by molar-refractivity contribution is 0.184. The molecule has 0 aliphatic carbocycles. The summed E-state index contributed by atoms with van der Waals surface area (Å²) in [6.07, 6.45) is 4.09. The summed E-state index contributed by atoms with van der Waals surface area (Å²) in [5.41, 5.74) is 2.63. The van der Waals surface area contributed by atoms with E-state index in [1.54, 1.807) is 7.11 Å². The molecule has 0 atom stereocenters. The van der Waals surface area contributed by atoms with Crippen molar-refractivity contribution < 1.29 is 4.74 Å².